The van der Waals surface area contributed by atoms with Crippen molar-refractivity contribution in [3.63, 3.8) is 0 Å². The largest absolute Gasteiger partial charge is 0.355 e. The SMILES string of the molecule is Cc1cccc(CSCCNC(=O)C2CCN(Cc3nc(-c4ccccc4C)no3)CC2)c1. The first kappa shape index (κ1) is 23.5. The van der Waals surface area contributed by atoms with Gasteiger partial charge in [0.15, 0.2) is 0 Å². The molecule has 33 heavy (non-hydrogen) atoms. The van der Waals surface area contributed by atoms with Crippen molar-refractivity contribution in [2.45, 2.75) is 39.0 Å². The number of benzene rings is 2. The van der Waals surface area contributed by atoms with E-state index < -0.39 is 0 Å². The number of likely N-dealkylation sites (tertiary alicyclic amines) is 1. The Labute approximate surface area is 200 Å². The lowest BCUT2D eigenvalue weighted by atomic mass is 9.96. The summed E-state index contributed by atoms with van der Waals surface area (Å²) in [5.41, 5.74) is 4.76. The zero-order valence-corrected chi connectivity index (χ0v) is 20.2. The second-order valence-corrected chi connectivity index (χ2v) is 9.81. The molecule has 1 saturated heterocycles. The second kappa shape index (κ2) is 11.5. The Bertz CT molecular complexity index is 1060. The van der Waals surface area contributed by atoms with Gasteiger partial charge in [0, 0.05) is 29.5 Å². The zero-order valence-electron chi connectivity index (χ0n) is 19.4. The normalized spacial score (nSPS) is 15.0. The molecule has 1 fully saturated rings. The van der Waals surface area contributed by atoms with Crippen molar-refractivity contribution in [2.24, 2.45) is 5.92 Å². The number of hydrogen-bond donors (Lipinski definition) is 1. The van der Waals surface area contributed by atoms with Gasteiger partial charge in [0.25, 0.3) is 0 Å². The van der Waals surface area contributed by atoms with Gasteiger partial charge in [0.05, 0.1) is 6.54 Å². The summed E-state index contributed by atoms with van der Waals surface area (Å²) in [7, 11) is 0. The Morgan fingerprint density at radius 2 is 1.97 bits per heavy atom. The first-order chi connectivity index (χ1) is 16.1. The lowest BCUT2D eigenvalue weighted by molar-refractivity contribution is -0.126. The van der Waals surface area contributed by atoms with E-state index in [1.807, 2.05) is 43.0 Å². The number of amides is 1. The van der Waals surface area contributed by atoms with E-state index in [0.29, 0.717) is 18.3 Å². The molecule has 3 aromatic rings. The van der Waals surface area contributed by atoms with Crippen LogP contribution in [-0.4, -0.2) is 46.3 Å². The number of hydrogen-bond acceptors (Lipinski definition) is 6. The Kier molecular flexibility index (Phi) is 8.18. The molecule has 0 aliphatic carbocycles. The number of carbonyl (C=O) groups excluding carboxylic acids is 1. The molecule has 0 radical (unpaired) electrons. The molecule has 1 aliphatic rings. The van der Waals surface area contributed by atoms with Gasteiger partial charge >= 0.3 is 0 Å². The third-order valence-electron chi connectivity index (χ3n) is 6.07. The Morgan fingerprint density at radius 1 is 1.15 bits per heavy atom. The molecule has 1 aromatic heterocycles. The van der Waals surface area contributed by atoms with Crippen LogP contribution < -0.4 is 5.32 Å². The van der Waals surface area contributed by atoms with Crippen LogP contribution in [0.25, 0.3) is 11.4 Å². The molecular weight excluding hydrogens is 432 g/mol. The molecule has 0 saturated carbocycles. The Hall–Kier alpha value is -2.64. The molecular formula is C26H32N4O2S. The number of piperidine rings is 1. The molecule has 2 aromatic carbocycles. The summed E-state index contributed by atoms with van der Waals surface area (Å²) < 4.78 is 5.48. The van der Waals surface area contributed by atoms with Gasteiger partial charge in [-0.25, -0.2) is 0 Å². The van der Waals surface area contributed by atoms with E-state index in [-0.39, 0.29) is 11.8 Å². The van der Waals surface area contributed by atoms with Crippen molar-refractivity contribution >= 4 is 17.7 Å². The average molecular weight is 465 g/mol. The molecule has 0 unspecified atom stereocenters. The molecule has 4 rings (SSSR count). The van der Waals surface area contributed by atoms with Crippen LogP contribution in [0.2, 0.25) is 0 Å². The smallest absolute Gasteiger partial charge is 0.241 e. The van der Waals surface area contributed by atoms with E-state index in [1.165, 1.54) is 11.1 Å². The van der Waals surface area contributed by atoms with Crippen LogP contribution in [0.15, 0.2) is 53.1 Å². The Balaban J connectivity index is 1.15. The highest BCUT2D eigenvalue weighted by atomic mass is 32.2. The summed E-state index contributed by atoms with van der Waals surface area (Å²) in [6.07, 6.45) is 1.72. The van der Waals surface area contributed by atoms with E-state index in [0.717, 1.165) is 55.1 Å². The van der Waals surface area contributed by atoms with Crippen LogP contribution in [0.5, 0.6) is 0 Å². The first-order valence-corrected chi connectivity index (χ1v) is 12.8. The quantitative estimate of drug-likeness (QED) is 0.466. The molecule has 1 N–H and O–H groups in total. The molecule has 0 atom stereocenters. The van der Waals surface area contributed by atoms with Crippen molar-refractivity contribution in [1.29, 1.82) is 0 Å². The third-order valence-corrected chi connectivity index (χ3v) is 7.10. The first-order valence-electron chi connectivity index (χ1n) is 11.6. The fraction of sp³-hybridized carbons (Fsp3) is 0.423. The fourth-order valence-electron chi connectivity index (χ4n) is 4.18. The number of rotatable bonds is 9. The van der Waals surface area contributed by atoms with Gasteiger partial charge in [0.2, 0.25) is 17.6 Å². The minimum Gasteiger partial charge on any atom is -0.355 e. The van der Waals surface area contributed by atoms with Crippen LogP contribution in [0.3, 0.4) is 0 Å². The molecule has 1 aliphatic heterocycles. The fourth-order valence-corrected chi connectivity index (χ4v) is 4.99. The number of aromatic nitrogens is 2. The molecule has 2 heterocycles. The molecule has 174 valence electrons. The number of thioether (sulfide) groups is 1. The van der Waals surface area contributed by atoms with Gasteiger partial charge in [-0.3, -0.25) is 9.69 Å². The maximum atomic E-state index is 12.6. The topological polar surface area (TPSA) is 71.3 Å². The summed E-state index contributed by atoms with van der Waals surface area (Å²) in [6.45, 7) is 7.24. The minimum absolute atomic E-state index is 0.0910. The monoisotopic (exact) mass is 464 g/mol. The summed E-state index contributed by atoms with van der Waals surface area (Å²) in [4.78, 5) is 19.4. The van der Waals surface area contributed by atoms with E-state index in [1.54, 1.807) is 0 Å². The average Bonchev–Trinajstić information content (AvgIpc) is 3.28. The van der Waals surface area contributed by atoms with Gasteiger partial charge in [-0.2, -0.15) is 16.7 Å². The van der Waals surface area contributed by atoms with Gasteiger partial charge in [-0.1, -0.05) is 59.3 Å². The van der Waals surface area contributed by atoms with E-state index >= 15 is 0 Å². The predicted molar refractivity (Wildman–Crippen MR) is 133 cm³/mol. The second-order valence-electron chi connectivity index (χ2n) is 8.71. The van der Waals surface area contributed by atoms with Gasteiger partial charge < -0.3 is 9.84 Å². The third kappa shape index (κ3) is 6.68. The molecule has 1 amide bonds. The highest BCUT2D eigenvalue weighted by Gasteiger charge is 2.25. The minimum atomic E-state index is 0.0910. The van der Waals surface area contributed by atoms with Crippen molar-refractivity contribution in [2.75, 3.05) is 25.4 Å². The van der Waals surface area contributed by atoms with Gasteiger partial charge in [0.1, 0.15) is 0 Å². The Morgan fingerprint density at radius 3 is 2.76 bits per heavy atom. The van der Waals surface area contributed by atoms with Gasteiger partial charge in [-0.15, -0.1) is 0 Å². The van der Waals surface area contributed by atoms with Crippen molar-refractivity contribution in [3.8, 4) is 11.4 Å². The highest BCUT2D eigenvalue weighted by molar-refractivity contribution is 7.98. The van der Waals surface area contributed by atoms with Gasteiger partial charge in [-0.05, 0) is 50.9 Å². The van der Waals surface area contributed by atoms with Crippen molar-refractivity contribution in [1.82, 2.24) is 20.4 Å². The molecule has 6 nitrogen and oxygen atoms in total. The van der Waals surface area contributed by atoms with Crippen LogP contribution in [0.4, 0.5) is 0 Å². The van der Waals surface area contributed by atoms with Crippen LogP contribution in [0.1, 0.15) is 35.4 Å². The zero-order chi connectivity index (χ0) is 23.0. The predicted octanol–water partition coefficient (Wildman–Crippen LogP) is 4.62. The van der Waals surface area contributed by atoms with E-state index in [9.17, 15) is 4.79 Å². The molecule has 0 spiro atoms. The van der Waals surface area contributed by atoms with Crippen LogP contribution in [-0.2, 0) is 17.1 Å². The summed E-state index contributed by atoms with van der Waals surface area (Å²) in [6, 6.07) is 16.6. The molecule has 0 bridgehead atoms. The van der Waals surface area contributed by atoms with Crippen LogP contribution in [0, 0.1) is 19.8 Å². The maximum Gasteiger partial charge on any atom is 0.241 e. The highest BCUT2D eigenvalue weighted by Crippen LogP contribution is 2.22. The van der Waals surface area contributed by atoms with Crippen molar-refractivity contribution in [3.05, 3.63) is 71.1 Å². The number of nitrogens with one attached hydrogen (secondary N) is 1. The lowest BCUT2D eigenvalue weighted by Gasteiger charge is -2.30. The summed E-state index contributed by atoms with van der Waals surface area (Å²) in [5, 5.41) is 7.27. The number of aryl methyl sites for hydroxylation is 2. The number of nitrogens with zero attached hydrogens (tertiary/aromatic N) is 3. The summed E-state index contributed by atoms with van der Waals surface area (Å²) >= 11 is 1.86. The maximum absolute atomic E-state index is 12.6. The molecule has 7 heteroatoms. The van der Waals surface area contributed by atoms with Crippen LogP contribution >= 0.6 is 11.8 Å². The van der Waals surface area contributed by atoms with Crippen molar-refractivity contribution < 1.29 is 9.32 Å². The summed E-state index contributed by atoms with van der Waals surface area (Å²) in [5.74, 6) is 3.45. The van der Waals surface area contributed by atoms with E-state index in [2.05, 4.69) is 51.5 Å². The van der Waals surface area contributed by atoms with E-state index in [4.69, 9.17) is 4.52 Å². The lowest BCUT2D eigenvalue weighted by Crippen LogP contribution is -2.40. The standard InChI is InChI=1S/C26H32N4O2S/c1-19-6-5-8-21(16-19)18-33-15-12-27-26(31)22-10-13-30(14-11-22)17-24-28-25(29-32-24)23-9-4-3-7-20(23)2/h3-9,16,22H,10-15,17-18H2,1-2H3,(H,27,31). The number of carbonyl (C=O) groups is 1.